The third-order valence-electron chi connectivity index (χ3n) is 5.40. The van der Waals surface area contributed by atoms with Crippen LogP contribution in [0.25, 0.3) is 0 Å². The van der Waals surface area contributed by atoms with Crippen molar-refractivity contribution in [3.8, 4) is 0 Å². The molecule has 0 aliphatic carbocycles. The molecule has 0 spiro atoms. The van der Waals surface area contributed by atoms with Gasteiger partial charge in [0.25, 0.3) is 0 Å². The van der Waals surface area contributed by atoms with Crippen LogP contribution in [0.1, 0.15) is 62.3 Å². The molecular formula is C30H63N19O4S4. The van der Waals surface area contributed by atoms with E-state index in [9.17, 15) is 19.2 Å². The first-order chi connectivity index (χ1) is 26.5. The van der Waals surface area contributed by atoms with E-state index in [1.807, 2.05) is 13.8 Å². The normalized spacial score (nSPS) is 10.8. The zero-order chi connectivity index (χ0) is 46.1. The summed E-state index contributed by atoms with van der Waals surface area (Å²) >= 11 is 18.9. The van der Waals surface area contributed by atoms with E-state index in [0.29, 0.717) is 43.5 Å². The van der Waals surface area contributed by atoms with Gasteiger partial charge in [-0.05, 0) is 83.5 Å². The first-order valence-electron chi connectivity index (χ1n) is 16.1. The third kappa shape index (κ3) is 50.6. The van der Waals surface area contributed by atoms with Gasteiger partial charge in [0.05, 0.1) is 22.8 Å². The molecule has 0 saturated carbocycles. The van der Waals surface area contributed by atoms with Gasteiger partial charge in [0.2, 0.25) is 11.9 Å². The zero-order valence-electron chi connectivity index (χ0n) is 35.6. The smallest absolute Gasteiger partial charge is 0.216 e. The van der Waals surface area contributed by atoms with Crippen LogP contribution in [0.3, 0.4) is 0 Å². The number of hydrogen-bond donors (Lipinski definition) is 13. The molecule has 0 rings (SSSR count). The van der Waals surface area contributed by atoms with Gasteiger partial charge in [-0.25, -0.2) is 11.3 Å². The molecule has 0 aromatic rings. The Morgan fingerprint density at radius 1 is 0.439 bits per heavy atom. The molecule has 1 amide bonds. The maximum atomic E-state index is 10.6. The molecule has 27 heteroatoms. The summed E-state index contributed by atoms with van der Waals surface area (Å²) < 4.78 is 0. The maximum Gasteiger partial charge on any atom is 0.216 e. The number of ketones is 3. The van der Waals surface area contributed by atoms with Crippen LogP contribution in [0.5, 0.6) is 0 Å². The fourth-order valence-electron chi connectivity index (χ4n) is 1.41. The number of thiocarbonyl (C=S) groups is 4. The Kier molecular flexibility index (Phi) is 48.3. The predicted octanol–water partition coefficient (Wildman–Crippen LogP) is -1.67. The Hall–Kier alpha value is -5.38. The summed E-state index contributed by atoms with van der Waals surface area (Å²) in [6.45, 7) is 14.3. The van der Waals surface area contributed by atoms with Crippen LogP contribution < -0.4 is 70.7 Å². The van der Waals surface area contributed by atoms with E-state index in [4.69, 9.17) is 48.3 Å². The van der Waals surface area contributed by atoms with Crippen molar-refractivity contribution in [3.63, 3.8) is 0 Å². The third-order valence-corrected chi connectivity index (χ3v) is 6.61. The molecule has 0 bridgehead atoms. The van der Waals surface area contributed by atoms with Crippen molar-refractivity contribution in [2.45, 2.75) is 62.3 Å². The largest absolute Gasteiger partial charge is 0.365 e. The van der Waals surface area contributed by atoms with Crippen molar-refractivity contribution in [1.82, 2.24) is 59.0 Å². The van der Waals surface area contributed by atoms with Crippen LogP contribution in [0.15, 0.2) is 30.5 Å². The van der Waals surface area contributed by atoms with Gasteiger partial charge in [-0.3, -0.25) is 40.4 Å². The first kappa shape index (κ1) is 63.6. The number of hydrogen-bond acceptors (Lipinski definition) is 16. The van der Waals surface area contributed by atoms with Gasteiger partial charge in [0, 0.05) is 77.0 Å². The predicted molar refractivity (Wildman–Crippen MR) is 250 cm³/mol. The highest BCUT2D eigenvalue weighted by atomic mass is 32.1. The van der Waals surface area contributed by atoms with Gasteiger partial charge in [-0.15, -0.1) is 0 Å². The molecule has 15 N–H and O–H groups in total. The number of aliphatic imine (C=N–C) groups is 1. The first-order valence-corrected chi connectivity index (χ1v) is 17.7. The number of carbonyl (C=O) groups is 4. The molecule has 0 aromatic carbocycles. The fourth-order valence-corrected chi connectivity index (χ4v) is 1.55. The van der Waals surface area contributed by atoms with Crippen LogP contribution in [0.4, 0.5) is 0 Å². The lowest BCUT2D eigenvalue weighted by atomic mass is 10.3. The summed E-state index contributed by atoms with van der Waals surface area (Å²) in [5.41, 5.74) is 16.0. The van der Waals surface area contributed by atoms with Gasteiger partial charge in [-0.1, -0.05) is 0 Å². The minimum Gasteiger partial charge on any atom is -0.365 e. The summed E-state index contributed by atoms with van der Waals surface area (Å²) in [5, 5.41) is 37.0. The van der Waals surface area contributed by atoms with Crippen LogP contribution in [0, 0.1) is 0 Å². The lowest BCUT2D eigenvalue weighted by Gasteiger charge is -2.06. The monoisotopic (exact) mass is 881 g/mol. The van der Waals surface area contributed by atoms with Crippen molar-refractivity contribution in [2.75, 3.05) is 49.3 Å². The molecule has 0 aliphatic heterocycles. The second-order valence-electron chi connectivity index (χ2n) is 9.71. The number of nitrogens with two attached hydrogens (primary N) is 2. The van der Waals surface area contributed by atoms with Crippen molar-refractivity contribution >= 4 is 127 Å². The van der Waals surface area contributed by atoms with E-state index in [-0.39, 0.29) is 23.3 Å². The van der Waals surface area contributed by atoms with Crippen LogP contribution in [0.2, 0.25) is 0 Å². The van der Waals surface area contributed by atoms with E-state index in [1.165, 1.54) is 27.7 Å². The van der Waals surface area contributed by atoms with Gasteiger partial charge in [-0.2, -0.15) is 25.5 Å². The van der Waals surface area contributed by atoms with Crippen molar-refractivity contribution in [2.24, 2.45) is 42.2 Å². The number of carbonyl (C=O) groups excluding carboxylic acids is 4. The van der Waals surface area contributed by atoms with Gasteiger partial charge in [0.15, 0.2) is 37.8 Å². The zero-order valence-corrected chi connectivity index (χ0v) is 38.9. The number of nitrogens with one attached hydrogen (secondary N) is 11. The molecule has 326 valence electrons. The molecule has 57 heavy (non-hydrogen) atoms. The highest BCUT2D eigenvalue weighted by Crippen LogP contribution is 1.83. The molecule has 0 fully saturated rings. The van der Waals surface area contributed by atoms with Gasteiger partial charge < -0.3 is 43.2 Å². The number of hydrazine groups is 1. The summed E-state index contributed by atoms with van der Waals surface area (Å²) in [4.78, 5) is 43.8. The molecule has 0 saturated heterocycles. The molecule has 0 aromatic heterocycles. The summed E-state index contributed by atoms with van der Waals surface area (Å²) in [6.07, 6.45) is 0. The van der Waals surface area contributed by atoms with E-state index in [1.54, 1.807) is 70.1 Å². The Bertz CT molecular complexity index is 1450. The Morgan fingerprint density at radius 2 is 0.737 bits per heavy atom. The van der Waals surface area contributed by atoms with E-state index in [2.05, 4.69) is 102 Å². The second-order valence-corrected chi connectivity index (χ2v) is 11.3. The molecule has 0 radical (unpaired) electrons. The molecule has 0 atom stereocenters. The lowest BCUT2D eigenvalue weighted by Crippen LogP contribution is -2.37. The minimum atomic E-state index is -0.380. The van der Waals surface area contributed by atoms with E-state index < -0.39 is 0 Å². The van der Waals surface area contributed by atoms with Crippen LogP contribution in [-0.2, 0) is 19.2 Å². The Morgan fingerprint density at radius 3 is 0.930 bits per heavy atom. The number of Topliss-reactive ketones (excluding diaryl/α,β-unsaturated/α-hetero) is 3. The summed E-state index contributed by atoms with van der Waals surface area (Å²) in [6, 6.07) is 0. The van der Waals surface area contributed by atoms with Crippen LogP contribution >= 0.6 is 48.9 Å². The van der Waals surface area contributed by atoms with Gasteiger partial charge in [0.1, 0.15) is 5.71 Å². The molecular weight excluding hydrogens is 819 g/mol. The standard InChI is InChI=1S/C9H19N7S.C6H13N5S.C6H11N3OS.C4H6O2.C3H7NO.C2H7N3S/c1-6(13-15-8(10-3)11-4)7(2)14-16-9(17)12-5;1-4(9-7)5(2)10-11-6(12)8-3;1-4(5(2)10)8-9-6(11)7-3;1-3(5)4(2)6;1-3(5)4-2;1-4-2(6)5-3/h1-5H3,(H2,10,11,15)(H2,12,16,17);7H2,1-3H3,(H2,8,11,12);1-3H3,(H2,7,9,11);1-2H3;1-2H3,(H,4,5);3H2,1H3,(H2,4,5,6)/b13-6+,14-7+;9-4+,10-5+;8-4+;;;. The summed E-state index contributed by atoms with van der Waals surface area (Å²) in [7, 11) is 11.8. The quantitative estimate of drug-likeness (QED) is 0.0324. The molecule has 0 unspecified atom stereocenters. The van der Waals surface area contributed by atoms with E-state index in [0.717, 1.165) is 11.4 Å². The highest BCUT2D eigenvalue weighted by molar-refractivity contribution is 7.80. The number of nitrogens with zero attached hydrogens (tertiary/aromatic N) is 6. The molecule has 0 heterocycles. The van der Waals surface area contributed by atoms with Gasteiger partial charge >= 0.3 is 0 Å². The Balaban J connectivity index is -0.000000145. The SMILES string of the molecule is CC(=O)C(C)=O.CN=C(NC)N/N=C(C)/C(C)=N/NC(=S)NC.CNC(=S)N/N=C(C)/C(C)=N/N.CNC(=S)N/N=C(\C)C(C)=O.CNC(=S)NN.CNC(C)=O. The van der Waals surface area contributed by atoms with Crippen molar-refractivity contribution in [3.05, 3.63) is 0 Å². The average Bonchev–Trinajstić information content (AvgIpc) is 3.20. The van der Waals surface area contributed by atoms with Crippen LogP contribution in [-0.4, -0.2) is 128 Å². The molecule has 23 nitrogen and oxygen atoms in total. The number of hydrazone groups is 5. The summed E-state index contributed by atoms with van der Waals surface area (Å²) in [5.74, 6) is 9.62. The average molecular weight is 882 g/mol. The fraction of sp³-hybridized carbons (Fsp3) is 0.533. The lowest BCUT2D eigenvalue weighted by molar-refractivity contribution is -0.134. The second kappa shape index (κ2) is 43.3. The van der Waals surface area contributed by atoms with E-state index >= 15 is 0 Å². The maximum absolute atomic E-state index is 10.6. The number of amides is 1. The number of guanidine groups is 1. The Labute approximate surface area is 357 Å². The molecule has 0 aliphatic rings. The van der Waals surface area contributed by atoms with Crippen molar-refractivity contribution < 1.29 is 19.2 Å². The highest BCUT2D eigenvalue weighted by Gasteiger charge is 1.99. The number of rotatable bonds is 8. The van der Waals surface area contributed by atoms with Crippen molar-refractivity contribution in [1.29, 1.82) is 0 Å². The topological polar surface area (TPSA) is 327 Å². The minimum absolute atomic E-state index is 0.00463.